The third-order valence-corrected chi connectivity index (χ3v) is 2.43. The number of benzene rings is 1. The molecule has 2 rings (SSSR count). The first-order chi connectivity index (χ1) is 8.33. The van der Waals surface area contributed by atoms with Crippen LogP contribution in [0.3, 0.4) is 0 Å². The molecule has 1 aromatic carbocycles. The molecule has 0 N–H and O–H groups in total. The van der Waals surface area contributed by atoms with Crippen LogP contribution < -0.4 is 4.74 Å². The van der Waals surface area contributed by atoms with Crippen LogP contribution in [0, 0.1) is 11.3 Å². The second-order valence-electron chi connectivity index (χ2n) is 3.57. The van der Waals surface area contributed by atoms with Crippen molar-refractivity contribution in [2.75, 3.05) is 0 Å². The summed E-state index contributed by atoms with van der Waals surface area (Å²) < 4.78 is 5.57. The highest BCUT2D eigenvalue weighted by atomic mass is 16.5. The molecule has 0 unspecified atom stereocenters. The Morgan fingerprint density at radius 3 is 2.71 bits per heavy atom. The highest BCUT2D eigenvalue weighted by molar-refractivity contribution is 5.44. The van der Waals surface area contributed by atoms with Gasteiger partial charge in [0.05, 0.1) is 5.56 Å². The van der Waals surface area contributed by atoms with Gasteiger partial charge in [0.15, 0.2) is 0 Å². The van der Waals surface area contributed by atoms with Crippen molar-refractivity contribution in [3.8, 4) is 17.7 Å². The summed E-state index contributed by atoms with van der Waals surface area (Å²) in [6.07, 6.45) is 2.73. The number of aromatic nitrogens is 1. The van der Waals surface area contributed by atoms with Gasteiger partial charge in [-0.15, -0.1) is 0 Å². The molecule has 0 aliphatic carbocycles. The normalized spacial score (nSPS) is 9.65. The summed E-state index contributed by atoms with van der Waals surface area (Å²) in [6.45, 7) is 2.07. The van der Waals surface area contributed by atoms with Crippen LogP contribution in [0.25, 0.3) is 0 Å². The Labute approximate surface area is 100 Å². The molecule has 0 aliphatic rings. The van der Waals surface area contributed by atoms with E-state index >= 15 is 0 Å². The van der Waals surface area contributed by atoms with Crippen LogP contribution in [0.15, 0.2) is 42.6 Å². The molecule has 0 radical (unpaired) electrons. The predicted molar refractivity (Wildman–Crippen MR) is 64.8 cm³/mol. The van der Waals surface area contributed by atoms with Crippen molar-refractivity contribution in [3.63, 3.8) is 0 Å². The molecule has 1 heterocycles. The first kappa shape index (κ1) is 11.2. The highest BCUT2D eigenvalue weighted by Gasteiger charge is 2.03. The van der Waals surface area contributed by atoms with Crippen LogP contribution in [0.1, 0.15) is 18.1 Å². The van der Waals surface area contributed by atoms with Crippen molar-refractivity contribution in [1.29, 1.82) is 5.26 Å². The van der Waals surface area contributed by atoms with E-state index in [4.69, 9.17) is 10.00 Å². The van der Waals surface area contributed by atoms with E-state index in [-0.39, 0.29) is 0 Å². The van der Waals surface area contributed by atoms with E-state index in [1.54, 1.807) is 24.4 Å². The molecule has 1 aromatic heterocycles. The van der Waals surface area contributed by atoms with Crippen LogP contribution in [0.2, 0.25) is 0 Å². The summed E-state index contributed by atoms with van der Waals surface area (Å²) in [5.74, 6) is 1.04. The number of para-hydroxylation sites is 1. The second-order valence-corrected chi connectivity index (χ2v) is 3.57. The van der Waals surface area contributed by atoms with Crippen LogP contribution in [0.5, 0.6) is 11.6 Å². The Hall–Kier alpha value is -2.34. The van der Waals surface area contributed by atoms with Crippen LogP contribution in [0.4, 0.5) is 0 Å². The van der Waals surface area contributed by atoms with Crippen molar-refractivity contribution >= 4 is 0 Å². The first-order valence-corrected chi connectivity index (χ1v) is 5.45. The average molecular weight is 224 g/mol. The minimum atomic E-state index is 0.505. The SMILES string of the molecule is CCc1ccc(Oc2ccccc2C#N)nc1. The Morgan fingerprint density at radius 2 is 2.06 bits per heavy atom. The molecule has 0 aliphatic heterocycles. The van der Waals surface area contributed by atoms with Crippen LogP contribution in [-0.2, 0) is 6.42 Å². The van der Waals surface area contributed by atoms with E-state index in [1.165, 1.54) is 0 Å². The number of nitriles is 1. The van der Waals surface area contributed by atoms with Gasteiger partial charge in [-0.2, -0.15) is 5.26 Å². The summed E-state index contributed by atoms with van der Waals surface area (Å²) in [5.41, 5.74) is 1.67. The number of pyridine rings is 1. The summed E-state index contributed by atoms with van der Waals surface area (Å²) >= 11 is 0. The number of rotatable bonds is 3. The number of hydrogen-bond donors (Lipinski definition) is 0. The lowest BCUT2D eigenvalue weighted by atomic mass is 10.2. The van der Waals surface area contributed by atoms with Gasteiger partial charge in [-0.3, -0.25) is 0 Å². The van der Waals surface area contributed by atoms with Crippen molar-refractivity contribution in [1.82, 2.24) is 4.98 Å². The van der Waals surface area contributed by atoms with E-state index < -0.39 is 0 Å². The van der Waals surface area contributed by atoms with Crippen LogP contribution >= 0.6 is 0 Å². The van der Waals surface area contributed by atoms with Gasteiger partial charge in [-0.1, -0.05) is 25.1 Å². The van der Waals surface area contributed by atoms with Gasteiger partial charge in [-0.25, -0.2) is 4.98 Å². The largest absolute Gasteiger partial charge is 0.438 e. The maximum atomic E-state index is 8.93. The smallest absolute Gasteiger partial charge is 0.219 e. The molecule has 0 amide bonds. The molecular formula is C14H12N2O. The van der Waals surface area contributed by atoms with Crippen molar-refractivity contribution in [2.45, 2.75) is 13.3 Å². The summed E-state index contributed by atoms with van der Waals surface area (Å²) in [6, 6.07) is 13.0. The van der Waals surface area contributed by atoms with Gasteiger partial charge in [0.25, 0.3) is 0 Å². The lowest BCUT2D eigenvalue weighted by Crippen LogP contribution is -1.91. The summed E-state index contributed by atoms with van der Waals surface area (Å²) in [4.78, 5) is 4.19. The molecule has 84 valence electrons. The topological polar surface area (TPSA) is 45.9 Å². The first-order valence-electron chi connectivity index (χ1n) is 5.45. The van der Waals surface area contributed by atoms with Gasteiger partial charge in [0, 0.05) is 12.3 Å². The lowest BCUT2D eigenvalue weighted by molar-refractivity contribution is 0.461. The number of hydrogen-bond acceptors (Lipinski definition) is 3. The Bertz CT molecular complexity index is 541. The molecule has 17 heavy (non-hydrogen) atoms. The highest BCUT2D eigenvalue weighted by Crippen LogP contribution is 2.23. The van der Waals surface area contributed by atoms with E-state index in [1.807, 2.05) is 18.2 Å². The molecule has 0 bridgehead atoms. The summed E-state index contributed by atoms with van der Waals surface area (Å²) in [5, 5.41) is 8.93. The van der Waals surface area contributed by atoms with Gasteiger partial charge in [0.2, 0.25) is 5.88 Å². The maximum absolute atomic E-state index is 8.93. The van der Waals surface area contributed by atoms with Gasteiger partial charge >= 0.3 is 0 Å². The fourth-order valence-corrected chi connectivity index (χ4v) is 1.44. The number of ether oxygens (including phenoxy) is 1. The fraction of sp³-hybridized carbons (Fsp3) is 0.143. The molecule has 2 aromatic rings. The molecule has 0 fully saturated rings. The van der Waals surface area contributed by atoms with Crippen LogP contribution in [-0.4, -0.2) is 4.98 Å². The van der Waals surface area contributed by atoms with E-state index in [0.29, 0.717) is 17.2 Å². The zero-order valence-corrected chi connectivity index (χ0v) is 9.55. The average Bonchev–Trinajstić information content (AvgIpc) is 2.40. The third kappa shape index (κ3) is 2.61. The molecule has 0 atom stereocenters. The molecule has 0 spiro atoms. The predicted octanol–water partition coefficient (Wildman–Crippen LogP) is 3.31. The third-order valence-electron chi connectivity index (χ3n) is 2.43. The minimum absolute atomic E-state index is 0.505. The van der Waals surface area contributed by atoms with Gasteiger partial charge in [-0.05, 0) is 24.1 Å². The number of nitrogens with zero attached hydrogens (tertiary/aromatic N) is 2. The zero-order valence-electron chi connectivity index (χ0n) is 9.55. The molecule has 3 nitrogen and oxygen atoms in total. The quantitative estimate of drug-likeness (QED) is 0.803. The van der Waals surface area contributed by atoms with E-state index in [0.717, 1.165) is 12.0 Å². The minimum Gasteiger partial charge on any atom is -0.438 e. The van der Waals surface area contributed by atoms with E-state index in [2.05, 4.69) is 18.0 Å². The maximum Gasteiger partial charge on any atom is 0.219 e. The second kappa shape index (κ2) is 5.13. The monoisotopic (exact) mass is 224 g/mol. The van der Waals surface area contributed by atoms with Gasteiger partial charge in [0.1, 0.15) is 11.8 Å². The summed E-state index contributed by atoms with van der Waals surface area (Å²) in [7, 11) is 0. The molecular weight excluding hydrogens is 212 g/mol. The van der Waals surface area contributed by atoms with Gasteiger partial charge < -0.3 is 4.74 Å². The van der Waals surface area contributed by atoms with E-state index in [9.17, 15) is 0 Å². The Kier molecular flexibility index (Phi) is 3.37. The van der Waals surface area contributed by atoms with Crippen molar-refractivity contribution in [3.05, 3.63) is 53.7 Å². The fourth-order valence-electron chi connectivity index (χ4n) is 1.44. The Morgan fingerprint density at radius 1 is 1.24 bits per heavy atom. The van der Waals surface area contributed by atoms with Crippen molar-refractivity contribution in [2.24, 2.45) is 0 Å². The van der Waals surface area contributed by atoms with Crippen molar-refractivity contribution < 1.29 is 4.74 Å². The molecule has 0 saturated carbocycles. The Balaban J connectivity index is 2.23. The zero-order chi connectivity index (χ0) is 12.1. The standard InChI is InChI=1S/C14H12N2O/c1-2-11-7-8-14(16-10-11)17-13-6-4-3-5-12(13)9-15/h3-8,10H,2H2,1H3. The molecule has 0 saturated heterocycles. The molecule has 3 heteroatoms. The number of aryl methyl sites for hydroxylation is 1. The lowest BCUT2D eigenvalue weighted by Gasteiger charge is -2.06.